The molecule has 0 spiro atoms. The molecule has 0 radical (unpaired) electrons. The summed E-state index contributed by atoms with van der Waals surface area (Å²) in [6, 6.07) is 16.6. The molecule has 0 saturated carbocycles. The summed E-state index contributed by atoms with van der Waals surface area (Å²) in [7, 11) is 0. The van der Waals surface area contributed by atoms with Crippen LogP contribution in [-0.4, -0.2) is 17.9 Å². The van der Waals surface area contributed by atoms with Crippen molar-refractivity contribution in [2.75, 3.05) is 5.32 Å². The van der Waals surface area contributed by atoms with Gasteiger partial charge >= 0.3 is 0 Å². The van der Waals surface area contributed by atoms with Gasteiger partial charge in [-0.15, -0.1) is 11.3 Å². The zero-order valence-electron chi connectivity index (χ0n) is 14.7. The van der Waals surface area contributed by atoms with Gasteiger partial charge in [-0.2, -0.15) is 0 Å². The molecule has 0 saturated heterocycles. The summed E-state index contributed by atoms with van der Waals surface area (Å²) >= 11 is 1.31. The van der Waals surface area contributed by atoms with Gasteiger partial charge < -0.3 is 10.6 Å². The van der Waals surface area contributed by atoms with E-state index in [1.54, 1.807) is 36.6 Å². The van der Waals surface area contributed by atoms with Gasteiger partial charge in [0.05, 0.1) is 4.88 Å². The van der Waals surface area contributed by atoms with Crippen LogP contribution in [0.3, 0.4) is 0 Å². The number of benzene rings is 2. The van der Waals surface area contributed by atoms with Crippen molar-refractivity contribution in [1.29, 1.82) is 0 Å². The first-order valence-corrected chi connectivity index (χ1v) is 9.36. The van der Waals surface area contributed by atoms with Crippen LogP contribution < -0.4 is 10.6 Å². The lowest BCUT2D eigenvalue weighted by atomic mass is 10.0. The fourth-order valence-electron chi connectivity index (χ4n) is 2.60. The van der Waals surface area contributed by atoms with Crippen molar-refractivity contribution in [2.45, 2.75) is 19.4 Å². The van der Waals surface area contributed by atoms with Gasteiger partial charge in [-0.25, -0.2) is 4.39 Å². The minimum absolute atomic E-state index is 0.309. The Kier molecular flexibility index (Phi) is 5.98. The van der Waals surface area contributed by atoms with Gasteiger partial charge in [0.25, 0.3) is 5.91 Å². The van der Waals surface area contributed by atoms with Crippen LogP contribution in [0.4, 0.5) is 10.1 Å². The molecule has 0 aliphatic rings. The van der Waals surface area contributed by atoms with Gasteiger partial charge in [0, 0.05) is 12.1 Å². The summed E-state index contributed by atoms with van der Waals surface area (Å²) in [5, 5.41) is 7.27. The molecule has 1 heterocycles. The molecule has 138 valence electrons. The third-order valence-corrected chi connectivity index (χ3v) is 4.96. The maximum absolute atomic E-state index is 13.8. The van der Waals surface area contributed by atoms with Crippen LogP contribution in [0.5, 0.6) is 0 Å². The SMILES string of the molecule is Cc1ccc(NC(=O)[C@H](Cc2ccccc2)NC(=O)c2cccs2)cc1F. The Labute approximate surface area is 161 Å². The number of thiophene rings is 1. The number of anilines is 1. The van der Waals surface area contributed by atoms with Crippen molar-refractivity contribution in [1.82, 2.24) is 5.32 Å². The van der Waals surface area contributed by atoms with Crippen molar-refractivity contribution in [3.05, 3.63) is 87.9 Å². The first kappa shape index (κ1) is 18.8. The first-order valence-electron chi connectivity index (χ1n) is 8.48. The van der Waals surface area contributed by atoms with Crippen LogP contribution in [0, 0.1) is 12.7 Å². The molecule has 6 heteroatoms. The summed E-state index contributed by atoms with van der Waals surface area (Å²) in [4.78, 5) is 25.7. The highest BCUT2D eigenvalue weighted by atomic mass is 32.1. The predicted molar refractivity (Wildman–Crippen MR) is 105 cm³/mol. The molecule has 0 aliphatic heterocycles. The molecule has 0 unspecified atom stereocenters. The van der Waals surface area contributed by atoms with Crippen LogP contribution in [0.15, 0.2) is 66.0 Å². The van der Waals surface area contributed by atoms with Crippen LogP contribution in [0.1, 0.15) is 20.8 Å². The lowest BCUT2D eigenvalue weighted by Gasteiger charge is -2.18. The van der Waals surface area contributed by atoms with Crippen LogP contribution >= 0.6 is 11.3 Å². The van der Waals surface area contributed by atoms with E-state index in [0.29, 0.717) is 22.5 Å². The number of carbonyl (C=O) groups excluding carboxylic acids is 2. The second kappa shape index (κ2) is 8.60. The summed E-state index contributed by atoms with van der Waals surface area (Å²) < 4.78 is 13.8. The van der Waals surface area contributed by atoms with Crippen molar-refractivity contribution in [2.24, 2.45) is 0 Å². The van der Waals surface area contributed by atoms with Crippen molar-refractivity contribution >= 4 is 28.8 Å². The number of hydrogen-bond donors (Lipinski definition) is 2. The molecule has 4 nitrogen and oxygen atoms in total. The standard InChI is InChI=1S/C21H19FN2O2S/c1-14-9-10-16(13-17(14)22)23-20(25)18(12-15-6-3-2-4-7-15)24-21(26)19-8-5-11-27-19/h2-11,13,18H,12H2,1H3,(H,23,25)(H,24,26)/t18-/m0/s1. The van der Waals surface area contributed by atoms with E-state index >= 15 is 0 Å². The van der Waals surface area contributed by atoms with E-state index in [9.17, 15) is 14.0 Å². The fourth-order valence-corrected chi connectivity index (χ4v) is 3.22. The smallest absolute Gasteiger partial charge is 0.262 e. The third kappa shape index (κ3) is 5.01. The minimum Gasteiger partial charge on any atom is -0.339 e. The van der Waals surface area contributed by atoms with Gasteiger partial charge in [-0.1, -0.05) is 42.5 Å². The molecule has 27 heavy (non-hydrogen) atoms. The highest BCUT2D eigenvalue weighted by Gasteiger charge is 2.22. The van der Waals surface area contributed by atoms with E-state index in [4.69, 9.17) is 0 Å². The second-order valence-corrected chi connectivity index (χ2v) is 7.09. The zero-order valence-corrected chi connectivity index (χ0v) is 15.6. The van der Waals surface area contributed by atoms with Gasteiger partial charge in [0.1, 0.15) is 11.9 Å². The summed E-state index contributed by atoms with van der Waals surface area (Å²) in [6.07, 6.45) is 0.331. The fraction of sp³-hybridized carbons (Fsp3) is 0.143. The number of nitrogens with one attached hydrogen (secondary N) is 2. The van der Waals surface area contributed by atoms with E-state index in [2.05, 4.69) is 10.6 Å². The Bertz CT molecular complexity index is 927. The largest absolute Gasteiger partial charge is 0.339 e. The van der Waals surface area contributed by atoms with E-state index in [1.165, 1.54) is 17.4 Å². The Morgan fingerprint density at radius 3 is 2.52 bits per heavy atom. The van der Waals surface area contributed by atoms with E-state index in [0.717, 1.165) is 5.56 Å². The van der Waals surface area contributed by atoms with Crippen molar-refractivity contribution in [3.63, 3.8) is 0 Å². The molecule has 1 atom stereocenters. The topological polar surface area (TPSA) is 58.2 Å². The van der Waals surface area contributed by atoms with Gasteiger partial charge in [-0.05, 0) is 41.6 Å². The predicted octanol–water partition coefficient (Wildman–Crippen LogP) is 4.18. The molecule has 3 aromatic rings. The van der Waals surface area contributed by atoms with Crippen molar-refractivity contribution in [3.8, 4) is 0 Å². The number of amides is 2. The van der Waals surface area contributed by atoms with Gasteiger partial charge in [-0.3, -0.25) is 9.59 Å². The summed E-state index contributed by atoms with van der Waals surface area (Å²) in [6.45, 7) is 1.65. The molecule has 0 aliphatic carbocycles. The monoisotopic (exact) mass is 382 g/mol. The molecule has 1 aromatic heterocycles. The Morgan fingerprint density at radius 2 is 1.85 bits per heavy atom. The first-order chi connectivity index (χ1) is 13.0. The summed E-state index contributed by atoms with van der Waals surface area (Å²) in [5.74, 6) is -1.10. The number of carbonyl (C=O) groups is 2. The third-order valence-electron chi connectivity index (χ3n) is 4.09. The van der Waals surface area contributed by atoms with Crippen LogP contribution in [-0.2, 0) is 11.2 Å². The van der Waals surface area contributed by atoms with Gasteiger partial charge in [0.2, 0.25) is 5.91 Å². The second-order valence-electron chi connectivity index (χ2n) is 6.15. The normalized spacial score (nSPS) is 11.6. The molecule has 2 N–H and O–H groups in total. The maximum atomic E-state index is 13.8. The average molecular weight is 382 g/mol. The number of aryl methyl sites for hydroxylation is 1. The molecule has 0 fully saturated rings. The molecular weight excluding hydrogens is 363 g/mol. The number of hydrogen-bond acceptors (Lipinski definition) is 3. The van der Waals surface area contributed by atoms with Gasteiger partial charge in [0.15, 0.2) is 0 Å². The lowest BCUT2D eigenvalue weighted by molar-refractivity contribution is -0.118. The highest BCUT2D eigenvalue weighted by Crippen LogP contribution is 2.15. The number of halogens is 1. The maximum Gasteiger partial charge on any atom is 0.262 e. The zero-order chi connectivity index (χ0) is 19.2. The van der Waals surface area contributed by atoms with Crippen LogP contribution in [0.25, 0.3) is 0 Å². The molecule has 2 aromatic carbocycles. The molecule has 2 amide bonds. The molecular formula is C21H19FN2O2S. The quantitative estimate of drug-likeness (QED) is 0.672. The Balaban J connectivity index is 1.77. The molecule has 3 rings (SSSR count). The number of rotatable bonds is 6. The van der Waals surface area contributed by atoms with Crippen molar-refractivity contribution < 1.29 is 14.0 Å². The average Bonchev–Trinajstić information content (AvgIpc) is 3.20. The minimum atomic E-state index is -0.786. The summed E-state index contributed by atoms with van der Waals surface area (Å²) in [5.41, 5.74) is 1.77. The van der Waals surface area contributed by atoms with Crippen LogP contribution in [0.2, 0.25) is 0 Å². The Hall–Kier alpha value is -2.99. The molecule has 0 bridgehead atoms. The Morgan fingerprint density at radius 1 is 1.07 bits per heavy atom. The van der Waals surface area contributed by atoms with E-state index in [1.807, 2.05) is 30.3 Å². The lowest BCUT2D eigenvalue weighted by Crippen LogP contribution is -2.45. The van der Waals surface area contributed by atoms with E-state index < -0.39 is 17.8 Å². The van der Waals surface area contributed by atoms with E-state index in [-0.39, 0.29) is 5.91 Å². The highest BCUT2D eigenvalue weighted by molar-refractivity contribution is 7.12.